The maximum absolute atomic E-state index is 12.2. The molecule has 84 valence electrons. The van der Waals surface area contributed by atoms with Gasteiger partial charge in [0.1, 0.15) is 0 Å². The summed E-state index contributed by atoms with van der Waals surface area (Å²) in [6.07, 6.45) is 3.22. The highest BCUT2D eigenvalue weighted by Gasteiger charge is 2.32. The van der Waals surface area contributed by atoms with Gasteiger partial charge >= 0.3 is 0 Å². The molecule has 0 aromatic rings. The van der Waals surface area contributed by atoms with Gasteiger partial charge in [0.25, 0.3) is 0 Å². The molecule has 15 heavy (non-hydrogen) atoms. The fourth-order valence-corrected chi connectivity index (χ4v) is 2.35. The molecule has 0 unspecified atom stereocenters. The highest BCUT2D eigenvalue weighted by molar-refractivity contribution is 5.80. The molecule has 0 radical (unpaired) electrons. The largest absolute Gasteiger partial charge is 0.338 e. The van der Waals surface area contributed by atoms with Crippen molar-refractivity contribution in [1.82, 2.24) is 10.2 Å². The highest BCUT2D eigenvalue weighted by atomic mass is 16.2. The van der Waals surface area contributed by atoms with Gasteiger partial charge in [0, 0.05) is 19.6 Å². The molecule has 3 heteroatoms. The van der Waals surface area contributed by atoms with E-state index in [2.05, 4.69) is 25.2 Å². The van der Waals surface area contributed by atoms with E-state index in [1.54, 1.807) is 0 Å². The molecule has 0 aliphatic carbocycles. The van der Waals surface area contributed by atoms with Crippen molar-refractivity contribution >= 4 is 5.91 Å². The van der Waals surface area contributed by atoms with Crippen molar-refractivity contribution in [2.75, 3.05) is 26.2 Å². The fraction of sp³-hybridized carbons (Fsp3) is 0.750. The number of hydrogen-bond acceptors (Lipinski definition) is 2. The van der Waals surface area contributed by atoms with Crippen LogP contribution in [0, 0.1) is 11.8 Å². The summed E-state index contributed by atoms with van der Waals surface area (Å²) in [4.78, 5) is 14.2. The summed E-state index contributed by atoms with van der Waals surface area (Å²) in [5.41, 5.74) is 1.41. The third-order valence-corrected chi connectivity index (χ3v) is 3.58. The lowest BCUT2D eigenvalue weighted by Gasteiger charge is -2.29. The van der Waals surface area contributed by atoms with Crippen LogP contribution in [0.4, 0.5) is 0 Å². The maximum atomic E-state index is 12.2. The van der Waals surface area contributed by atoms with E-state index in [0.717, 1.165) is 32.6 Å². The summed E-state index contributed by atoms with van der Waals surface area (Å²) in [5, 5.41) is 3.29. The lowest BCUT2D eigenvalue weighted by molar-refractivity contribution is -0.135. The topological polar surface area (TPSA) is 32.3 Å². The second-order valence-electron chi connectivity index (χ2n) is 4.83. The van der Waals surface area contributed by atoms with Crippen LogP contribution in [0.25, 0.3) is 0 Å². The fourth-order valence-electron chi connectivity index (χ4n) is 2.35. The Morgan fingerprint density at radius 3 is 2.87 bits per heavy atom. The average Bonchev–Trinajstić information content (AvgIpc) is 2.65. The van der Waals surface area contributed by atoms with Gasteiger partial charge in [-0.25, -0.2) is 0 Å². The molecule has 2 aliphatic heterocycles. The summed E-state index contributed by atoms with van der Waals surface area (Å²) in [7, 11) is 0. The molecule has 2 aliphatic rings. The second-order valence-corrected chi connectivity index (χ2v) is 4.83. The van der Waals surface area contributed by atoms with Gasteiger partial charge in [-0.1, -0.05) is 18.6 Å². The van der Waals surface area contributed by atoms with Crippen molar-refractivity contribution in [3.8, 4) is 0 Å². The van der Waals surface area contributed by atoms with Gasteiger partial charge in [0.05, 0.1) is 5.92 Å². The number of nitrogens with one attached hydrogen (secondary N) is 1. The van der Waals surface area contributed by atoms with Gasteiger partial charge in [0.2, 0.25) is 5.91 Å². The Labute approximate surface area is 91.5 Å². The van der Waals surface area contributed by atoms with Crippen molar-refractivity contribution in [1.29, 1.82) is 0 Å². The van der Waals surface area contributed by atoms with E-state index >= 15 is 0 Å². The molecular formula is C12H20N2O. The molecule has 2 rings (SSSR count). The van der Waals surface area contributed by atoms with E-state index in [9.17, 15) is 4.79 Å². The molecule has 1 fully saturated rings. The van der Waals surface area contributed by atoms with Crippen molar-refractivity contribution in [3.63, 3.8) is 0 Å². The normalized spacial score (nSPS) is 31.6. The Morgan fingerprint density at radius 2 is 2.33 bits per heavy atom. The number of hydrogen-bond donors (Lipinski definition) is 1. The van der Waals surface area contributed by atoms with Crippen molar-refractivity contribution in [2.45, 2.75) is 20.3 Å². The van der Waals surface area contributed by atoms with E-state index in [4.69, 9.17) is 0 Å². The SMILES string of the molecule is CC1=CCN(C(=O)[C@@H]2CNC[C@H]2C)CC1. The smallest absolute Gasteiger partial charge is 0.227 e. The second kappa shape index (κ2) is 4.35. The molecular weight excluding hydrogens is 188 g/mol. The summed E-state index contributed by atoms with van der Waals surface area (Å²) in [6, 6.07) is 0. The Kier molecular flexibility index (Phi) is 3.10. The summed E-state index contributed by atoms with van der Waals surface area (Å²) >= 11 is 0. The molecule has 0 spiro atoms. The number of carbonyl (C=O) groups is 1. The predicted octanol–water partition coefficient (Wildman–Crippen LogP) is 1.02. The van der Waals surface area contributed by atoms with Crippen LogP contribution in [0.15, 0.2) is 11.6 Å². The van der Waals surface area contributed by atoms with Crippen molar-refractivity contribution in [2.24, 2.45) is 11.8 Å². The van der Waals surface area contributed by atoms with Crippen LogP contribution in [0.3, 0.4) is 0 Å². The van der Waals surface area contributed by atoms with Gasteiger partial charge in [-0.15, -0.1) is 0 Å². The molecule has 1 amide bonds. The monoisotopic (exact) mass is 208 g/mol. The summed E-state index contributed by atoms with van der Waals surface area (Å²) in [6.45, 7) is 7.87. The first-order chi connectivity index (χ1) is 7.18. The molecule has 2 atom stereocenters. The quantitative estimate of drug-likeness (QED) is 0.653. The van der Waals surface area contributed by atoms with Crippen molar-refractivity contribution < 1.29 is 4.79 Å². The van der Waals surface area contributed by atoms with Crippen LogP contribution in [0.1, 0.15) is 20.3 Å². The zero-order chi connectivity index (χ0) is 10.8. The van der Waals surface area contributed by atoms with Gasteiger partial charge < -0.3 is 10.2 Å². The first-order valence-electron chi connectivity index (χ1n) is 5.83. The summed E-state index contributed by atoms with van der Waals surface area (Å²) < 4.78 is 0. The minimum absolute atomic E-state index is 0.205. The number of carbonyl (C=O) groups excluding carboxylic acids is 1. The van der Waals surface area contributed by atoms with Gasteiger partial charge in [-0.05, 0) is 25.8 Å². The predicted molar refractivity (Wildman–Crippen MR) is 60.5 cm³/mol. The molecule has 0 aromatic heterocycles. The van der Waals surface area contributed by atoms with Gasteiger partial charge in [-0.2, -0.15) is 0 Å². The lowest BCUT2D eigenvalue weighted by atomic mass is 9.96. The number of rotatable bonds is 1. The maximum Gasteiger partial charge on any atom is 0.227 e. The van der Waals surface area contributed by atoms with Crippen LogP contribution in [0.5, 0.6) is 0 Å². The van der Waals surface area contributed by atoms with Crippen LogP contribution >= 0.6 is 0 Å². The van der Waals surface area contributed by atoms with Crippen LogP contribution in [-0.4, -0.2) is 37.0 Å². The first-order valence-corrected chi connectivity index (χ1v) is 5.83. The number of nitrogens with zero attached hydrogens (tertiary/aromatic N) is 1. The molecule has 0 bridgehead atoms. The molecule has 1 saturated heterocycles. The Morgan fingerprint density at radius 1 is 1.53 bits per heavy atom. The molecule has 0 saturated carbocycles. The Balaban J connectivity index is 1.96. The minimum atomic E-state index is 0.205. The lowest BCUT2D eigenvalue weighted by Crippen LogP contribution is -2.41. The zero-order valence-electron chi connectivity index (χ0n) is 9.62. The summed E-state index contributed by atoms with van der Waals surface area (Å²) in [5.74, 6) is 1.04. The third kappa shape index (κ3) is 2.23. The van der Waals surface area contributed by atoms with Crippen LogP contribution < -0.4 is 5.32 Å². The van der Waals surface area contributed by atoms with E-state index in [-0.39, 0.29) is 5.92 Å². The van der Waals surface area contributed by atoms with Gasteiger partial charge in [0.15, 0.2) is 0 Å². The molecule has 0 aromatic carbocycles. The minimum Gasteiger partial charge on any atom is -0.338 e. The molecule has 2 heterocycles. The van der Waals surface area contributed by atoms with Gasteiger partial charge in [-0.3, -0.25) is 4.79 Å². The van der Waals surface area contributed by atoms with Crippen LogP contribution in [-0.2, 0) is 4.79 Å². The standard InChI is InChI=1S/C12H20N2O/c1-9-3-5-14(6-4-9)12(15)11-8-13-7-10(11)2/h3,10-11,13H,4-8H2,1-2H3/t10-,11-/m1/s1. The van der Waals surface area contributed by atoms with Crippen LogP contribution in [0.2, 0.25) is 0 Å². The first kappa shape index (κ1) is 10.7. The van der Waals surface area contributed by atoms with E-state index < -0.39 is 0 Å². The van der Waals surface area contributed by atoms with E-state index in [0.29, 0.717) is 11.8 Å². The highest BCUT2D eigenvalue weighted by Crippen LogP contribution is 2.20. The molecule has 1 N–H and O–H groups in total. The number of amides is 1. The van der Waals surface area contributed by atoms with Crippen molar-refractivity contribution in [3.05, 3.63) is 11.6 Å². The zero-order valence-corrected chi connectivity index (χ0v) is 9.62. The molecule has 3 nitrogen and oxygen atoms in total. The third-order valence-electron chi connectivity index (χ3n) is 3.58. The van der Waals surface area contributed by atoms with E-state index in [1.165, 1.54) is 5.57 Å². The van der Waals surface area contributed by atoms with E-state index in [1.807, 2.05) is 4.90 Å². The Hall–Kier alpha value is -0.830. The Bertz CT molecular complexity index is 285. The average molecular weight is 208 g/mol.